The van der Waals surface area contributed by atoms with Gasteiger partial charge in [-0.05, 0) is 18.9 Å². The minimum absolute atomic E-state index is 0.0728. The Morgan fingerprint density at radius 2 is 1.89 bits per heavy atom. The van der Waals surface area contributed by atoms with Crippen molar-refractivity contribution in [1.82, 2.24) is 10.2 Å². The van der Waals surface area contributed by atoms with E-state index in [1.807, 2.05) is 4.90 Å². The molecule has 0 aromatic rings. The summed E-state index contributed by atoms with van der Waals surface area (Å²) in [6, 6.07) is 0. The number of hydrogen-bond acceptors (Lipinski definition) is 2. The molecule has 0 bridgehead atoms. The van der Waals surface area contributed by atoms with E-state index in [2.05, 4.69) is 5.32 Å². The summed E-state index contributed by atoms with van der Waals surface area (Å²) in [4.78, 5) is 2.00. The Kier molecular flexibility index (Phi) is 4.90. The number of halogens is 3. The number of nitrogens with zero attached hydrogens (tertiary/aromatic N) is 1. The highest BCUT2D eigenvalue weighted by Crippen LogP contribution is 2.29. The van der Waals surface area contributed by atoms with Gasteiger partial charge in [0.15, 0.2) is 0 Å². The second-order valence-electron chi connectivity index (χ2n) is 5.68. The first-order chi connectivity index (χ1) is 8.55. The molecule has 5 heteroatoms. The van der Waals surface area contributed by atoms with Crippen LogP contribution in [0.3, 0.4) is 0 Å². The summed E-state index contributed by atoms with van der Waals surface area (Å²) in [5.74, 6) is -0.450. The maximum absolute atomic E-state index is 12.8. The number of nitrogens with one attached hydrogen (secondary N) is 1. The molecule has 1 aliphatic heterocycles. The molecule has 1 atom stereocenters. The van der Waals surface area contributed by atoms with Crippen LogP contribution in [0.2, 0.25) is 0 Å². The molecule has 1 heterocycles. The van der Waals surface area contributed by atoms with Crippen molar-refractivity contribution in [3.8, 4) is 0 Å². The van der Waals surface area contributed by atoms with Crippen LogP contribution in [-0.2, 0) is 0 Å². The SMILES string of the molecule is FC(F)(F)C1CNCCN(CCC2CCCC2)C1. The molecule has 2 rings (SSSR count). The second kappa shape index (κ2) is 6.24. The Hall–Kier alpha value is -0.290. The summed E-state index contributed by atoms with van der Waals surface area (Å²) in [5, 5.41) is 2.90. The first-order valence-corrected chi connectivity index (χ1v) is 7.05. The van der Waals surface area contributed by atoms with Gasteiger partial charge in [-0.25, -0.2) is 0 Å². The zero-order valence-corrected chi connectivity index (χ0v) is 10.8. The number of alkyl halides is 3. The lowest BCUT2D eigenvalue weighted by Gasteiger charge is -2.26. The molecule has 2 aliphatic rings. The summed E-state index contributed by atoms with van der Waals surface area (Å²) in [7, 11) is 0. The van der Waals surface area contributed by atoms with Crippen molar-refractivity contribution in [3.63, 3.8) is 0 Å². The standard InChI is InChI=1S/C13H23F3N2/c14-13(15,16)12-9-17-6-8-18(10-12)7-5-11-3-1-2-4-11/h11-12,17H,1-10H2. The average molecular weight is 264 g/mol. The molecule has 1 saturated heterocycles. The summed E-state index contributed by atoms with van der Waals surface area (Å²) in [6.45, 7) is 2.50. The quantitative estimate of drug-likeness (QED) is 0.843. The van der Waals surface area contributed by atoms with E-state index >= 15 is 0 Å². The minimum Gasteiger partial charge on any atom is -0.315 e. The topological polar surface area (TPSA) is 15.3 Å². The van der Waals surface area contributed by atoms with E-state index in [1.54, 1.807) is 0 Å². The first kappa shape index (κ1) is 14.1. The maximum Gasteiger partial charge on any atom is 0.394 e. The summed E-state index contributed by atoms with van der Waals surface area (Å²) < 4.78 is 38.3. The molecule has 106 valence electrons. The predicted molar refractivity (Wildman–Crippen MR) is 65.4 cm³/mol. The maximum atomic E-state index is 12.8. The molecule has 2 fully saturated rings. The molecule has 0 aromatic heterocycles. The van der Waals surface area contributed by atoms with Crippen molar-refractivity contribution in [3.05, 3.63) is 0 Å². The highest BCUT2D eigenvalue weighted by Gasteiger charge is 2.40. The molecule has 1 aliphatic carbocycles. The third-order valence-corrected chi connectivity index (χ3v) is 4.27. The van der Waals surface area contributed by atoms with Crippen molar-refractivity contribution < 1.29 is 13.2 Å². The van der Waals surface area contributed by atoms with Gasteiger partial charge < -0.3 is 10.2 Å². The van der Waals surface area contributed by atoms with Crippen LogP contribution in [0, 0.1) is 11.8 Å². The Balaban J connectivity index is 1.79. The van der Waals surface area contributed by atoms with Gasteiger partial charge in [0.2, 0.25) is 0 Å². The third kappa shape index (κ3) is 4.12. The van der Waals surface area contributed by atoms with Gasteiger partial charge in [-0.15, -0.1) is 0 Å². The van der Waals surface area contributed by atoms with E-state index in [4.69, 9.17) is 0 Å². The second-order valence-corrected chi connectivity index (χ2v) is 5.68. The molecule has 0 aromatic carbocycles. The van der Waals surface area contributed by atoms with E-state index in [-0.39, 0.29) is 13.1 Å². The Morgan fingerprint density at radius 3 is 2.56 bits per heavy atom. The summed E-state index contributed by atoms with van der Waals surface area (Å²) >= 11 is 0. The van der Waals surface area contributed by atoms with Gasteiger partial charge in [-0.1, -0.05) is 25.7 Å². The molecular formula is C13H23F3N2. The molecule has 0 spiro atoms. The van der Waals surface area contributed by atoms with Gasteiger partial charge in [0.1, 0.15) is 0 Å². The van der Waals surface area contributed by atoms with Crippen molar-refractivity contribution in [2.75, 3.05) is 32.7 Å². The van der Waals surface area contributed by atoms with Crippen molar-refractivity contribution in [2.24, 2.45) is 11.8 Å². The predicted octanol–water partition coefficient (Wildman–Crippen LogP) is 2.65. The minimum atomic E-state index is -4.07. The van der Waals surface area contributed by atoms with Crippen LogP contribution in [0.4, 0.5) is 13.2 Å². The van der Waals surface area contributed by atoms with E-state index < -0.39 is 12.1 Å². The average Bonchev–Trinajstić information content (AvgIpc) is 2.69. The largest absolute Gasteiger partial charge is 0.394 e. The van der Waals surface area contributed by atoms with E-state index in [1.165, 1.54) is 25.7 Å². The van der Waals surface area contributed by atoms with Gasteiger partial charge in [-0.2, -0.15) is 13.2 Å². The number of rotatable bonds is 3. The van der Waals surface area contributed by atoms with Crippen LogP contribution in [0.5, 0.6) is 0 Å². The van der Waals surface area contributed by atoms with E-state index in [9.17, 15) is 13.2 Å². The lowest BCUT2D eigenvalue weighted by molar-refractivity contribution is -0.175. The zero-order chi connectivity index (χ0) is 13.0. The van der Waals surface area contributed by atoms with Crippen LogP contribution < -0.4 is 5.32 Å². The van der Waals surface area contributed by atoms with Crippen LogP contribution >= 0.6 is 0 Å². The highest BCUT2D eigenvalue weighted by molar-refractivity contribution is 4.79. The smallest absolute Gasteiger partial charge is 0.315 e. The Bertz CT molecular complexity index is 249. The van der Waals surface area contributed by atoms with Gasteiger partial charge in [0, 0.05) is 26.2 Å². The van der Waals surface area contributed by atoms with Crippen molar-refractivity contribution in [2.45, 2.75) is 38.3 Å². The van der Waals surface area contributed by atoms with Crippen LogP contribution in [0.1, 0.15) is 32.1 Å². The normalized spacial score (nSPS) is 28.5. The lowest BCUT2D eigenvalue weighted by atomic mass is 10.0. The Labute approximate surface area is 107 Å². The fourth-order valence-electron chi connectivity index (χ4n) is 3.07. The van der Waals surface area contributed by atoms with Gasteiger partial charge in [0.05, 0.1) is 5.92 Å². The summed E-state index contributed by atoms with van der Waals surface area (Å²) in [5.41, 5.74) is 0. The summed E-state index contributed by atoms with van der Waals surface area (Å²) in [6.07, 6.45) is 2.16. The van der Waals surface area contributed by atoms with Gasteiger partial charge in [-0.3, -0.25) is 0 Å². The molecule has 2 nitrogen and oxygen atoms in total. The number of hydrogen-bond donors (Lipinski definition) is 1. The van der Waals surface area contributed by atoms with Crippen LogP contribution in [0.25, 0.3) is 0 Å². The fourth-order valence-corrected chi connectivity index (χ4v) is 3.07. The van der Waals surface area contributed by atoms with E-state index in [0.29, 0.717) is 6.54 Å². The molecule has 0 radical (unpaired) electrons. The zero-order valence-electron chi connectivity index (χ0n) is 10.8. The van der Waals surface area contributed by atoms with Crippen LogP contribution in [0.15, 0.2) is 0 Å². The first-order valence-electron chi connectivity index (χ1n) is 7.05. The Morgan fingerprint density at radius 1 is 1.17 bits per heavy atom. The van der Waals surface area contributed by atoms with Crippen molar-refractivity contribution >= 4 is 0 Å². The molecule has 1 N–H and O–H groups in total. The molecule has 18 heavy (non-hydrogen) atoms. The highest BCUT2D eigenvalue weighted by atomic mass is 19.4. The monoisotopic (exact) mass is 264 g/mol. The third-order valence-electron chi connectivity index (χ3n) is 4.27. The van der Waals surface area contributed by atoms with Gasteiger partial charge >= 0.3 is 6.18 Å². The molecular weight excluding hydrogens is 241 g/mol. The molecule has 1 saturated carbocycles. The molecule has 1 unspecified atom stereocenters. The molecule has 0 amide bonds. The fraction of sp³-hybridized carbons (Fsp3) is 1.00. The van der Waals surface area contributed by atoms with Crippen molar-refractivity contribution in [1.29, 1.82) is 0 Å². The van der Waals surface area contributed by atoms with E-state index in [0.717, 1.165) is 25.4 Å². The van der Waals surface area contributed by atoms with Crippen LogP contribution in [-0.4, -0.2) is 43.8 Å². The lowest BCUT2D eigenvalue weighted by Crippen LogP contribution is -2.38. The van der Waals surface area contributed by atoms with Gasteiger partial charge in [0.25, 0.3) is 0 Å².